The number of carbonyl (C=O) groups excluding carboxylic acids is 1. The van der Waals surface area contributed by atoms with E-state index in [1.165, 1.54) is 0 Å². The van der Waals surface area contributed by atoms with Gasteiger partial charge in [0.25, 0.3) is 0 Å². The molecule has 1 heterocycles. The SMILES string of the molecule is COCC1(C(=O)NCc2ccc(Cl)cc2)CCNC1. The highest BCUT2D eigenvalue weighted by Gasteiger charge is 2.41. The van der Waals surface area contributed by atoms with Crippen molar-refractivity contribution in [1.82, 2.24) is 10.6 Å². The van der Waals surface area contributed by atoms with Gasteiger partial charge in [-0.15, -0.1) is 0 Å². The lowest BCUT2D eigenvalue weighted by Crippen LogP contribution is -2.45. The number of carbonyl (C=O) groups is 1. The van der Waals surface area contributed by atoms with Gasteiger partial charge < -0.3 is 15.4 Å². The van der Waals surface area contributed by atoms with Crippen LogP contribution in [-0.2, 0) is 16.1 Å². The van der Waals surface area contributed by atoms with Gasteiger partial charge in [-0.05, 0) is 30.7 Å². The number of nitrogens with one attached hydrogen (secondary N) is 2. The lowest BCUT2D eigenvalue weighted by molar-refractivity contribution is -0.133. The van der Waals surface area contributed by atoms with Crippen molar-refractivity contribution in [3.05, 3.63) is 34.9 Å². The van der Waals surface area contributed by atoms with Crippen molar-refractivity contribution in [2.75, 3.05) is 26.8 Å². The lowest BCUT2D eigenvalue weighted by atomic mass is 9.87. The Morgan fingerprint density at radius 3 is 2.79 bits per heavy atom. The van der Waals surface area contributed by atoms with Crippen molar-refractivity contribution in [3.63, 3.8) is 0 Å². The zero-order chi connectivity index (χ0) is 13.7. The summed E-state index contributed by atoms with van der Waals surface area (Å²) in [5.41, 5.74) is 0.609. The molecule has 1 aromatic rings. The number of halogens is 1. The van der Waals surface area contributed by atoms with Crippen molar-refractivity contribution >= 4 is 17.5 Å². The van der Waals surface area contributed by atoms with E-state index in [-0.39, 0.29) is 5.91 Å². The molecule has 2 rings (SSSR count). The predicted octanol–water partition coefficient (Wildman–Crippen LogP) is 1.58. The third kappa shape index (κ3) is 3.47. The number of amides is 1. The molecular formula is C14H19ClN2O2. The van der Waals surface area contributed by atoms with Gasteiger partial charge in [-0.25, -0.2) is 0 Å². The van der Waals surface area contributed by atoms with Gasteiger partial charge in [0.05, 0.1) is 12.0 Å². The molecule has 1 aliphatic rings. The second kappa shape index (κ2) is 6.37. The monoisotopic (exact) mass is 282 g/mol. The van der Waals surface area contributed by atoms with Gasteiger partial charge >= 0.3 is 0 Å². The molecule has 0 bridgehead atoms. The minimum atomic E-state index is -0.429. The first-order chi connectivity index (χ1) is 9.16. The second-order valence-corrected chi connectivity index (χ2v) is 5.39. The van der Waals surface area contributed by atoms with Crippen LogP contribution in [0.4, 0.5) is 0 Å². The van der Waals surface area contributed by atoms with Crippen LogP contribution >= 0.6 is 11.6 Å². The molecule has 1 aliphatic heterocycles. The third-order valence-electron chi connectivity index (χ3n) is 3.51. The van der Waals surface area contributed by atoms with Crippen LogP contribution in [0.1, 0.15) is 12.0 Å². The van der Waals surface area contributed by atoms with Gasteiger partial charge in [-0.1, -0.05) is 23.7 Å². The Kier molecular flexibility index (Phi) is 4.80. The average molecular weight is 283 g/mol. The van der Waals surface area contributed by atoms with Gasteiger partial charge in [0.2, 0.25) is 5.91 Å². The quantitative estimate of drug-likeness (QED) is 0.862. The molecule has 0 aromatic heterocycles. The molecule has 1 aromatic carbocycles. The lowest BCUT2D eigenvalue weighted by Gasteiger charge is -2.25. The van der Waals surface area contributed by atoms with Crippen LogP contribution in [-0.4, -0.2) is 32.7 Å². The van der Waals surface area contributed by atoms with E-state index in [0.717, 1.165) is 18.5 Å². The van der Waals surface area contributed by atoms with E-state index in [2.05, 4.69) is 10.6 Å². The Balaban J connectivity index is 1.94. The number of hydrogen-bond donors (Lipinski definition) is 2. The van der Waals surface area contributed by atoms with E-state index in [1.54, 1.807) is 7.11 Å². The van der Waals surface area contributed by atoms with Gasteiger partial charge in [-0.3, -0.25) is 4.79 Å². The Morgan fingerprint density at radius 2 is 2.21 bits per heavy atom. The molecule has 4 nitrogen and oxygen atoms in total. The van der Waals surface area contributed by atoms with Crippen LogP contribution in [0.5, 0.6) is 0 Å². The van der Waals surface area contributed by atoms with E-state index in [1.807, 2.05) is 24.3 Å². The number of rotatable bonds is 5. The summed E-state index contributed by atoms with van der Waals surface area (Å²) in [5, 5.41) is 6.91. The van der Waals surface area contributed by atoms with Crippen molar-refractivity contribution in [2.45, 2.75) is 13.0 Å². The van der Waals surface area contributed by atoms with Gasteiger partial charge in [-0.2, -0.15) is 0 Å². The number of methoxy groups -OCH3 is 1. The van der Waals surface area contributed by atoms with Crippen LogP contribution in [0, 0.1) is 5.41 Å². The van der Waals surface area contributed by atoms with Crippen LogP contribution in [0.2, 0.25) is 5.02 Å². The fourth-order valence-corrected chi connectivity index (χ4v) is 2.50. The van der Waals surface area contributed by atoms with Crippen molar-refractivity contribution < 1.29 is 9.53 Å². The van der Waals surface area contributed by atoms with E-state index in [0.29, 0.717) is 24.7 Å². The molecule has 0 radical (unpaired) electrons. The zero-order valence-corrected chi connectivity index (χ0v) is 11.8. The summed E-state index contributed by atoms with van der Waals surface area (Å²) < 4.78 is 5.20. The minimum absolute atomic E-state index is 0.0503. The van der Waals surface area contributed by atoms with Crippen molar-refractivity contribution in [2.24, 2.45) is 5.41 Å². The van der Waals surface area contributed by atoms with Gasteiger partial charge in [0.15, 0.2) is 0 Å². The summed E-state index contributed by atoms with van der Waals surface area (Å²) >= 11 is 5.83. The summed E-state index contributed by atoms with van der Waals surface area (Å²) in [7, 11) is 1.63. The first-order valence-electron chi connectivity index (χ1n) is 6.39. The smallest absolute Gasteiger partial charge is 0.230 e. The largest absolute Gasteiger partial charge is 0.384 e. The zero-order valence-electron chi connectivity index (χ0n) is 11.0. The fraction of sp³-hybridized carbons (Fsp3) is 0.500. The number of ether oxygens (including phenoxy) is 1. The molecule has 104 valence electrons. The summed E-state index contributed by atoms with van der Waals surface area (Å²) in [6, 6.07) is 7.48. The molecule has 1 saturated heterocycles. The van der Waals surface area contributed by atoms with Crippen LogP contribution in [0.3, 0.4) is 0 Å². The molecule has 19 heavy (non-hydrogen) atoms. The highest BCUT2D eigenvalue weighted by Crippen LogP contribution is 2.26. The Bertz CT molecular complexity index is 428. The number of benzene rings is 1. The Hall–Kier alpha value is -1.10. The van der Waals surface area contributed by atoms with Gasteiger partial charge in [0, 0.05) is 25.2 Å². The maximum atomic E-state index is 12.3. The van der Waals surface area contributed by atoms with Crippen LogP contribution in [0.25, 0.3) is 0 Å². The topological polar surface area (TPSA) is 50.4 Å². The second-order valence-electron chi connectivity index (χ2n) is 4.95. The molecule has 1 fully saturated rings. The summed E-state index contributed by atoms with van der Waals surface area (Å²) in [6.07, 6.45) is 0.813. The van der Waals surface area contributed by atoms with E-state index in [9.17, 15) is 4.79 Å². The Morgan fingerprint density at radius 1 is 1.47 bits per heavy atom. The summed E-state index contributed by atoms with van der Waals surface area (Å²) in [5.74, 6) is 0.0503. The fourth-order valence-electron chi connectivity index (χ4n) is 2.37. The van der Waals surface area contributed by atoms with E-state index >= 15 is 0 Å². The van der Waals surface area contributed by atoms with Gasteiger partial charge in [0.1, 0.15) is 0 Å². The highest BCUT2D eigenvalue weighted by atomic mass is 35.5. The predicted molar refractivity (Wildman–Crippen MR) is 75.1 cm³/mol. The first-order valence-corrected chi connectivity index (χ1v) is 6.76. The average Bonchev–Trinajstić information content (AvgIpc) is 2.88. The minimum Gasteiger partial charge on any atom is -0.384 e. The molecular weight excluding hydrogens is 264 g/mol. The van der Waals surface area contributed by atoms with Crippen molar-refractivity contribution in [3.8, 4) is 0 Å². The summed E-state index contributed by atoms with van der Waals surface area (Å²) in [4.78, 5) is 12.3. The summed E-state index contributed by atoms with van der Waals surface area (Å²) in [6.45, 7) is 2.50. The number of hydrogen-bond acceptors (Lipinski definition) is 3. The van der Waals surface area contributed by atoms with Crippen molar-refractivity contribution in [1.29, 1.82) is 0 Å². The molecule has 0 aliphatic carbocycles. The van der Waals surface area contributed by atoms with Crippen LogP contribution < -0.4 is 10.6 Å². The standard InChI is InChI=1S/C14H19ClN2O2/c1-19-10-14(6-7-16-9-14)13(18)17-8-11-2-4-12(15)5-3-11/h2-5,16H,6-10H2,1H3,(H,17,18). The normalized spacial score (nSPS) is 22.4. The molecule has 0 saturated carbocycles. The Labute approximate surface area is 118 Å². The molecule has 2 N–H and O–H groups in total. The molecule has 1 amide bonds. The van der Waals surface area contributed by atoms with E-state index < -0.39 is 5.41 Å². The first kappa shape index (κ1) is 14.3. The molecule has 1 unspecified atom stereocenters. The molecule has 5 heteroatoms. The molecule has 1 atom stereocenters. The van der Waals surface area contributed by atoms with Crippen LogP contribution in [0.15, 0.2) is 24.3 Å². The molecule has 0 spiro atoms. The third-order valence-corrected chi connectivity index (χ3v) is 3.76. The highest BCUT2D eigenvalue weighted by molar-refractivity contribution is 6.30. The maximum absolute atomic E-state index is 12.3. The maximum Gasteiger partial charge on any atom is 0.230 e. The van der Waals surface area contributed by atoms with E-state index in [4.69, 9.17) is 16.3 Å².